The van der Waals surface area contributed by atoms with E-state index in [0.29, 0.717) is 12.2 Å². The van der Waals surface area contributed by atoms with Gasteiger partial charge in [-0.05, 0) is 6.92 Å². The van der Waals surface area contributed by atoms with Crippen LogP contribution in [0.1, 0.15) is 9.88 Å². The summed E-state index contributed by atoms with van der Waals surface area (Å²) in [6.45, 7) is 2.52. The smallest absolute Gasteiger partial charge is 0.285 e. The molecular formula is C9H9ClN4OS. The van der Waals surface area contributed by atoms with E-state index in [9.17, 15) is 4.79 Å². The number of nitrogens with one attached hydrogen (secondary N) is 2. The van der Waals surface area contributed by atoms with E-state index in [0.717, 1.165) is 9.88 Å². The van der Waals surface area contributed by atoms with Gasteiger partial charge in [-0.25, -0.2) is 10.1 Å². The SMILES string of the molecule is Cc1cnc(CNc2cn[nH]c(=O)c2Cl)s1. The van der Waals surface area contributed by atoms with Crippen molar-refractivity contribution in [3.05, 3.63) is 37.7 Å². The van der Waals surface area contributed by atoms with Crippen LogP contribution in [-0.4, -0.2) is 15.2 Å². The van der Waals surface area contributed by atoms with E-state index < -0.39 is 5.56 Å². The Kier molecular flexibility index (Phi) is 3.21. The number of rotatable bonds is 3. The van der Waals surface area contributed by atoms with Gasteiger partial charge in [0.15, 0.2) is 0 Å². The number of anilines is 1. The lowest BCUT2D eigenvalue weighted by molar-refractivity contribution is 0.979. The van der Waals surface area contributed by atoms with E-state index >= 15 is 0 Å². The maximum atomic E-state index is 11.2. The van der Waals surface area contributed by atoms with Crippen LogP contribution in [0.3, 0.4) is 0 Å². The van der Waals surface area contributed by atoms with Crippen LogP contribution in [-0.2, 0) is 6.54 Å². The fourth-order valence-electron chi connectivity index (χ4n) is 1.16. The van der Waals surface area contributed by atoms with Crippen molar-refractivity contribution in [3.8, 4) is 0 Å². The number of aromatic amines is 1. The molecule has 0 unspecified atom stereocenters. The number of aromatic nitrogens is 3. The van der Waals surface area contributed by atoms with Crippen LogP contribution in [0.25, 0.3) is 0 Å². The molecule has 0 saturated carbocycles. The summed E-state index contributed by atoms with van der Waals surface area (Å²) in [5, 5.41) is 9.98. The zero-order valence-electron chi connectivity index (χ0n) is 8.45. The van der Waals surface area contributed by atoms with Crippen LogP contribution in [0.5, 0.6) is 0 Å². The topological polar surface area (TPSA) is 70.7 Å². The molecule has 2 rings (SSSR count). The van der Waals surface area contributed by atoms with E-state index in [1.165, 1.54) is 6.20 Å². The first kappa shape index (κ1) is 11.1. The third-order valence-electron chi connectivity index (χ3n) is 1.89. The first-order valence-corrected chi connectivity index (χ1v) is 5.74. The fraction of sp³-hybridized carbons (Fsp3) is 0.222. The van der Waals surface area contributed by atoms with Crippen molar-refractivity contribution in [2.75, 3.05) is 5.32 Å². The first-order valence-electron chi connectivity index (χ1n) is 4.55. The minimum Gasteiger partial charge on any atom is -0.376 e. The van der Waals surface area contributed by atoms with Gasteiger partial charge in [-0.15, -0.1) is 11.3 Å². The van der Waals surface area contributed by atoms with Gasteiger partial charge in [-0.2, -0.15) is 5.10 Å². The second-order valence-corrected chi connectivity index (χ2v) is 4.84. The molecule has 0 bridgehead atoms. The van der Waals surface area contributed by atoms with Gasteiger partial charge < -0.3 is 5.32 Å². The lowest BCUT2D eigenvalue weighted by Gasteiger charge is -2.04. The number of halogens is 1. The number of aryl methyl sites for hydroxylation is 1. The highest BCUT2D eigenvalue weighted by Crippen LogP contribution is 2.17. The quantitative estimate of drug-likeness (QED) is 0.879. The molecule has 2 heterocycles. The van der Waals surface area contributed by atoms with Crippen molar-refractivity contribution in [1.82, 2.24) is 15.2 Å². The fourth-order valence-corrected chi connectivity index (χ4v) is 2.05. The van der Waals surface area contributed by atoms with Gasteiger partial charge in [-0.3, -0.25) is 4.79 Å². The van der Waals surface area contributed by atoms with Crippen molar-refractivity contribution in [1.29, 1.82) is 0 Å². The Bertz CT molecular complexity index is 550. The predicted molar refractivity (Wildman–Crippen MR) is 64.0 cm³/mol. The van der Waals surface area contributed by atoms with Crippen LogP contribution in [0.4, 0.5) is 5.69 Å². The highest BCUT2D eigenvalue weighted by Gasteiger charge is 2.05. The number of H-pyrrole nitrogens is 1. The van der Waals surface area contributed by atoms with Crippen molar-refractivity contribution in [3.63, 3.8) is 0 Å². The Hall–Kier alpha value is -1.40. The lowest BCUT2D eigenvalue weighted by Crippen LogP contribution is -2.11. The summed E-state index contributed by atoms with van der Waals surface area (Å²) in [4.78, 5) is 16.5. The molecule has 7 heteroatoms. The summed E-state index contributed by atoms with van der Waals surface area (Å²) < 4.78 is 0. The van der Waals surface area contributed by atoms with Crippen molar-refractivity contribution in [2.24, 2.45) is 0 Å². The number of nitrogens with zero attached hydrogens (tertiary/aromatic N) is 2. The number of thiazole rings is 1. The molecule has 2 aromatic heterocycles. The monoisotopic (exact) mass is 256 g/mol. The molecule has 0 spiro atoms. The Morgan fingerprint density at radius 3 is 3.06 bits per heavy atom. The van der Waals surface area contributed by atoms with Gasteiger partial charge in [0, 0.05) is 11.1 Å². The molecule has 0 radical (unpaired) electrons. The largest absolute Gasteiger partial charge is 0.376 e. The maximum Gasteiger partial charge on any atom is 0.285 e. The zero-order valence-corrected chi connectivity index (χ0v) is 10.0. The van der Waals surface area contributed by atoms with E-state index in [1.807, 2.05) is 6.92 Å². The molecule has 2 aromatic rings. The molecule has 0 aliphatic heterocycles. The maximum absolute atomic E-state index is 11.2. The average Bonchev–Trinajstić information content (AvgIpc) is 2.67. The average molecular weight is 257 g/mol. The summed E-state index contributed by atoms with van der Waals surface area (Å²) in [5.41, 5.74) is 0.111. The van der Waals surface area contributed by atoms with Crippen LogP contribution in [0, 0.1) is 6.92 Å². The van der Waals surface area contributed by atoms with E-state index in [2.05, 4.69) is 20.5 Å². The molecule has 0 aromatic carbocycles. The lowest BCUT2D eigenvalue weighted by atomic mass is 10.4. The minimum absolute atomic E-state index is 0.114. The standard InChI is InChI=1S/C9H9ClN4OS/c1-5-2-12-7(16-5)4-11-6-3-13-14-9(15)8(6)10/h2-3H,4H2,1H3,(H2,11,14,15). The molecule has 0 aliphatic carbocycles. The van der Waals surface area contributed by atoms with Crippen LogP contribution >= 0.6 is 22.9 Å². The third-order valence-corrected chi connectivity index (χ3v) is 3.18. The van der Waals surface area contributed by atoms with E-state index in [-0.39, 0.29) is 5.02 Å². The molecule has 0 amide bonds. The normalized spacial score (nSPS) is 10.4. The molecule has 84 valence electrons. The predicted octanol–water partition coefficient (Wildman–Crippen LogP) is 1.80. The van der Waals surface area contributed by atoms with Gasteiger partial charge in [-0.1, -0.05) is 11.6 Å². The van der Waals surface area contributed by atoms with Gasteiger partial charge >= 0.3 is 0 Å². The summed E-state index contributed by atoms with van der Waals surface area (Å²) in [7, 11) is 0. The van der Waals surface area contributed by atoms with Crippen molar-refractivity contribution >= 4 is 28.6 Å². The van der Waals surface area contributed by atoms with Crippen LogP contribution in [0.2, 0.25) is 5.02 Å². The van der Waals surface area contributed by atoms with Gasteiger partial charge in [0.2, 0.25) is 0 Å². The highest BCUT2D eigenvalue weighted by molar-refractivity contribution is 7.11. The van der Waals surface area contributed by atoms with Crippen molar-refractivity contribution in [2.45, 2.75) is 13.5 Å². The molecule has 0 aliphatic rings. The Labute approximate surface area is 101 Å². The van der Waals surface area contributed by atoms with Crippen LogP contribution < -0.4 is 10.9 Å². The number of hydrogen-bond donors (Lipinski definition) is 2. The molecule has 16 heavy (non-hydrogen) atoms. The van der Waals surface area contributed by atoms with Crippen LogP contribution in [0.15, 0.2) is 17.2 Å². The second-order valence-electron chi connectivity index (χ2n) is 3.14. The first-order chi connectivity index (χ1) is 7.66. The third kappa shape index (κ3) is 2.40. The Balaban J connectivity index is 2.10. The molecular weight excluding hydrogens is 248 g/mol. The van der Waals surface area contributed by atoms with E-state index in [4.69, 9.17) is 11.6 Å². The summed E-state index contributed by atoms with van der Waals surface area (Å²) in [5.74, 6) is 0. The number of hydrogen-bond acceptors (Lipinski definition) is 5. The highest BCUT2D eigenvalue weighted by atomic mass is 35.5. The Morgan fingerprint density at radius 1 is 1.56 bits per heavy atom. The summed E-state index contributed by atoms with van der Waals surface area (Å²) >= 11 is 7.40. The second kappa shape index (κ2) is 4.63. The minimum atomic E-state index is -0.401. The molecule has 0 atom stereocenters. The molecule has 0 fully saturated rings. The molecule has 5 nitrogen and oxygen atoms in total. The van der Waals surface area contributed by atoms with Gasteiger partial charge in [0.1, 0.15) is 10.0 Å². The zero-order chi connectivity index (χ0) is 11.5. The summed E-state index contributed by atoms with van der Waals surface area (Å²) in [6.07, 6.45) is 3.28. The van der Waals surface area contributed by atoms with Gasteiger partial charge in [0.05, 0.1) is 18.4 Å². The Morgan fingerprint density at radius 2 is 2.38 bits per heavy atom. The van der Waals surface area contributed by atoms with Gasteiger partial charge in [0.25, 0.3) is 5.56 Å². The van der Waals surface area contributed by atoms with Crippen molar-refractivity contribution < 1.29 is 0 Å². The van der Waals surface area contributed by atoms with E-state index in [1.54, 1.807) is 17.5 Å². The molecule has 0 saturated heterocycles. The summed E-state index contributed by atoms with van der Waals surface area (Å²) in [6, 6.07) is 0. The molecule has 2 N–H and O–H groups in total.